The van der Waals surface area contributed by atoms with Gasteiger partial charge in [-0.05, 0) is 63.8 Å². The van der Waals surface area contributed by atoms with E-state index in [1.165, 1.54) is 5.57 Å². The van der Waals surface area contributed by atoms with Crippen LogP contribution in [-0.2, 0) is 9.83 Å². The molecule has 0 N–H and O–H groups in total. The van der Waals surface area contributed by atoms with Crippen molar-refractivity contribution in [2.75, 3.05) is 0 Å². The summed E-state index contributed by atoms with van der Waals surface area (Å²) in [5.41, 5.74) is 2.46. The molecule has 1 rings (SSSR count). The summed E-state index contributed by atoms with van der Waals surface area (Å²) in [7, 11) is 0.636. The Labute approximate surface area is 130 Å². The lowest BCUT2D eigenvalue weighted by Crippen LogP contribution is -2.22. The fourth-order valence-electron chi connectivity index (χ4n) is 1.92. The Morgan fingerprint density at radius 3 is 2.70 bits per heavy atom. The van der Waals surface area contributed by atoms with E-state index in [1.54, 1.807) is 10.8 Å². The minimum absolute atomic E-state index is 0.0728. The fraction of sp³-hybridized carbons (Fsp3) is 0.529. The van der Waals surface area contributed by atoms with Crippen LogP contribution in [0.2, 0.25) is 0 Å². The molecule has 0 spiro atoms. The Bertz CT molecular complexity index is 467. The van der Waals surface area contributed by atoms with E-state index in [0.29, 0.717) is 0 Å². The standard InChI is InChI=1S/C17H26OS2/c1-6-7-11-14(2)15(3)20(18)19-17(4,5)16-12-9-8-10-13-16/h6-7,9,11-13,15H,8,10H2,1-5H3/b7-6-,14-11+/t15?,20-/m0/s1. The lowest BCUT2D eigenvalue weighted by Gasteiger charge is -2.27. The normalized spacial score (nSPS) is 20.1. The van der Waals surface area contributed by atoms with Gasteiger partial charge in [0, 0.05) is 4.75 Å². The summed E-state index contributed by atoms with van der Waals surface area (Å²) in [6, 6.07) is 0. The highest BCUT2D eigenvalue weighted by Gasteiger charge is 2.28. The SMILES string of the molecule is C/C=C\C=C(/C)C(C)[S@@](=O)SC(C)(C)C1=CCCC=C1. The molecule has 0 saturated heterocycles. The Morgan fingerprint density at radius 2 is 2.15 bits per heavy atom. The van der Waals surface area contributed by atoms with Gasteiger partial charge in [-0.25, -0.2) is 4.21 Å². The maximum atomic E-state index is 12.6. The van der Waals surface area contributed by atoms with Gasteiger partial charge in [-0.15, -0.1) is 0 Å². The molecular weight excluding hydrogens is 284 g/mol. The highest BCUT2D eigenvalue weighted by molar-refractivity contribution is 8.70. The molecule has 0 aromatic rings. The van der Waals surface area contributed by atoms with Crippen LogP contribution in [0.4, 0.5) is 0 Å². The predicted octanol–water partition coefficient (Wildman–Crippen LogP) is 5.35. The van der Waals surface area contributed by atoms with E-state index in [9.17, 15) is 4.21 Å². The highest BCUT2D eigenvalue weighted by atomic mass is 33.1. The molecule has 0 bridgehead atoms. The zero-order valence-electron chi connectivity index (χ0n) is 13.2. The smallest absolute Gasteiger partial charge is 0.0882 e. The van der Waals surface area contributed by atoms with Crippen molar-refractivity contribution in [1.82, 2.24) is 0 Å². The minimum Gasteiger partial charge on any atom is -0.247 e. The molecule has 2 atom stereocenters. The molecule has 20 heavy (non-hydrogen) atoms. The van der Waals surface area contributed by atoms with Crippen molar-refractivity contribution in [3.05, 3.63) is 47.6 Å². The summed E-state index contributed by atoms with van der Waals surface area (Å²) in [5, 5.41) is 0.0728. The maximum absolute atomic E-state index is 12.6. The Morgan fingerprint density at radius 1 is 1.45 bits per heavy atom. The second-order valence-corrected chi connectivity index (χ2v) is 9.47. The van der Waals surface area contributed by atoms with Crippen LogP contribution < -0.4 is 0 Å². The fourth-order valence-corrected chi connectivity index (χ4v) is 5.51. The van der Waals surface area contributed by atoms with Crippen molar-refractivity contribution in [2.45, 2.75) is 57.5 Å². The summed E-state index contributed by atoms with van der Waals surface area (Å²) < 4.78 is 12.5. The van der Waals surface area contributed by atoms with Gasteiger partial charge in [-0.1, -0.05) is 42.0 Å². The van der Waals surface area contributed by atoms with E-state index in [1.807, 2.05) is 26.0 Å². The van der Waals surface area contributed by atoms with Gasteiger partial charge in [-0.2, -0.15) is 0 Å². The van der Waals surface area contributed by atoms with Gasteiger partial charge < -0.3 is 0 Å². The third-order valence-corrected chi connectivity index (χ3v) is 7.84. The first-order valence-electron chi connectivity index (χ1n) is 7.15. The summed E-state index contributed by atoms with van der Waals surface area (Å²) in [6.45, 7) is 10.4. The van der Waals surface area contributed by atoms with Gasteiger partial charge in [0.25, 0.3) is 0 Å². The molecule has 0 fully saturated rings. The van der Waals surface area contributed by atoms with Crippen LogP contribution in [0.15, 0.2) is 47.6 Å². The summed E-state index contributed by atoms with van der Waals surface area (Å²) in [6.07, 6.45) is 14.9. The largest absolute Gasteiger partial charge is 0.247 e. The van der Waals surface area contributed by atoms with Crippen LogP contribution >= 0.6 is 10.8 Å². The molecule has 3 heteroatoms. The van der Waals surface area contributed by atoms with Gasteiger partial charge >= 0.3 is 0 Å². The average molecular weight is 311 g/mol. The van der Waals surface area contributed by atoms with Crippen LogP contribution in [-0.4, -0.2) is 14.2 Å². The predicted molar refractivity (Wildman–Crippen MR) is 94.3 cm³/mol. The highest BCUT2D eigenvalue weighted by Crippen LogP contribution is 2.39. The van der Waals surface area contributed by atoms with E-state index in [2.05, 4.69) is 45.1 Å². The van der Waals surface area contributed by atoms with Crippen molar-refractivity contribution in [2.24, 2.45) is 0 Å². The summed E-state index contributed by atoms with van der Waals surface area (Å²) in [5.74, 6) is 0. The zero-order valence-corrected chi connectivity index (χ0v) is 14.8. The van der Waals surface area contributed by atoms with Crippen molar-refractivity contribution < 1.29 is 4.21 Å². The number of allylic oxidation sites excluding steroid dienone is 6. The lowest BCUT2D eigenvalue weighted by molar-refractivity contribution is 0.686. The van der Waals surface area contributed by atoms with Crippen molar-refractivity contribution in [3.63, 3.8) is 0 Å². The van der Waals surface area contributed by atoms with Gasteiger partial charge in [0.15, 0.2) is 0 Å². The molecular formula is C17H26OS2. The summed E-state index contributed by atoms with van der Waals surface area (Å²) in [4.78, 5) is 0. The quantitative estimate of drug-likeness (QED) is 0.486. The molecule has 112 valence electrons. The van der Waals surface area contributed by atoms with Gasteiger partial charge in [0.1, 0.15) is 0 Å². The van der Waals surface area contributed by atoms with Gasteiger partial charge in [0.05, 0.1) is 15.1 Å². The van der Waals surface area contributed by atoms with Crippen LogP contribution in [0.3, 0.4) is 0 Å². The molecule has 0 radical (unpaired) electrons. The molecule has 0 heterocycles. The molecule has 0 aromatic heterocycles. The number of hydrogen-bond donors (Lipinski definition) is 0. The third-order valence-electron chi connectivity index (χ3n) is 3.46. The van der Waals surface area contributed by atoms with Crippen molar-refractivity contribution in [3.8, 4) is 0 Å². The Hall–Kier alpha value is -0.540. The van der Waals surface area contributed by atoms with E-state index < -0.39 is 9.83 Å². The maximum Gasteiger partial charge on any atom is 0.0882 e. The minimum atomic E-state index is -0.930. The summed E-state index contributed by atoms with van der Waals surface area (Å²) >= 11 is 0. The second-order valence-electron chi connectivity index (χ2n) is 5.57. The van der Waals surface area contributed by atoms with Crippen LogP contribution in [0.1, 0.15) is 47.5 Å². The van der Waals surface area contributed by atoms with Gasteiger partial charge in [-0.3, -0.25) is 0 Å². The first kappa shape index (κ1) is 17.5. The second kappa shape index (κ2) is 8.04. The van der Waals surface area contributed by atoms with Crippen LogP contribution in [0.5, 0.6) is 0 Å². The number of rotatable bonds is 6. The molecule has 0 saturated carbocycles. The van der Waals surface area contributed by atoms with E-state index in [-0.39, 0.29) is 10.00 Å². The molecule has 0 aromatic carbocycles. The topological polar surface area (TPSA) is 17.1 Å². The average Bonchev–Trinajstić information content (AvgIpc) is 2.44. The van der Waals surface area contributed by atoms with Crippen LogP contribution in [0, 0.1) is 0 Å². The number of hydrogen-bond acceptors (Lipinski definition) is 2. The third kappa shape index (κ3) is 5.10. The van der Waals surface area contributed by atoms with E-state index in [0.717, 1.165) is 18.4 Å². The van der Waals surface area contributed by atoms with E-state index in [4.69, 9.17) is 0 Å². The first-order chi connectivity index (χ1) is 9.38. The van der Waals surface area contributed by atoms with Crippen molar-refractivity contribution in [1.29, 1.82) is 0 Å². The molecule has 0 aliphatic heterocycles. The van der Waals surface area contributed by atoms with Crippen molar-refractivity contribution >= 4 is 20.6 Å². The molecule has 1 unspecified atom stereocenters. The zero-order chi connectivity index (χ0) is 15.2. The molecule has 0 amide bonds. The van der Waals surface area contributed by atoms with E-state index >= 15 is 0 Å². The monoisotopic (exact) mass is 310 g/mol. The first-order valence-corrected chi connectivity index (χ1v) is 9.70. The van der Waals surface area contributed by atoms with Gasteiger partial charge in [0.2, 0.25) is 0 Å². The lowest BCUT2D eigenvalue weighted by atomic mass is 9.96. The molecule has 1 nitrogen and oxygen atoms in total. The molecule has 1 aliphatic rings. The van der Waals surface area contributed by atoms with Crippen LogP contribution in [0.25, 0.3) is 0 Å². The Kier molecular flexibility index (Phi) is 7.04. The molecule has 1 aliphatic carbocycles. The Balaban J connectivity index is 2.74.